The van der Waals surface area contributed by atoms with E-state index in [-0.39, 0.29) is 23.8 Å². The van der Waals surface area contributed by atoms with Crippen LogP contribution in [0.2, 0.25) is 0 Å². The van der Waals surface area contributed by atoms with Gasteiger partial charge in [0.05, 0.1) is 14.9 Å². The SMILES string of the molecule is CC(C)(C)CC(CC(=O)O)NC(=O)c1csc(I)c1. The van der Waals surface area contributed by atoms with Crippen LogP contribution >= 0.6 is 33.9 Å². The minimum atomic E-state index is -0.894. The molecule has 6 heteroatoms. The van der Waals surface area contributed by atoms with Gasteiger partial charge in [0.25, 0.3) is 5.91 Å². The maximum atomic E-state index is 12.0. The van der Waals surface area contributed by atoms with Crippen LogP contribution in [0.5, 0.6) is 0 Å². The van der Waals surface area contributed by atoms with Gasteiger partial charge >= 0.3 is 5.97 Å². The third-order valence-electron chi connectivity index (χ3n) is 2.44. The summed E-state index contributed by atoms with van der Waals surface area (Å²) in [7, 11) is 0. The number of hydrogen-bond donors (Lipinski definition) is 2. The number of aliphatic carboxylic acids is 1. The Hall–Kier alpha value is -0.630. The molecular formula is C13H18INO3S. The van der Waals surface area contributed by atoms with E-state index in [4.69, 9.17) is 5.11 Å². The van der Waals surface area contributed by atoms with Crippen molar-refractivity contribution < 1.29 is 14.7 Å². The van der Waals surface area contributed by atoms with E-state index in [1.165, 1.54) is 11.3 Å². The van der Waals surface area contributed by atoms with Crippen LogP contribution in [-0.4, -0.2) is 23.0 Å². The fourth-order valence-corrected chi connectivity index (χ4v) is 3.15. The van der Waals surface area contributed by atoms with Crippen LogP contribution in [-0.2, 0) is 4.79 Å². The van der Waals surface area contributed by atoms with E-state index in [0.717, 1.165) is 2.88 Å². The zero-order chi connectivity index (χ0) is 14.6. The van der Waals surface area contributed by atoms with E-state index in [0.29, 0.717) is 12.0 Å². The van der Waals surface area contributed by atoms with Crippen molar-refractivity contribution in [3.05, 3.63) is 19.9 Å². The first-order valence-corrected chi connectivity index (χ1v) is 7.90. The Kier molecular flexibility index (Phi) is 5.79. The highest BCUT2D eigenvalue weighted by molar-refractivity contribution is 14.1. The van der Waals surface area contributed by atoms with Crippen molar-refractivity contribution in [2.75, 3.05) is 0 Å². The maximum absolute atomic E-state index is 12.0. The monoisotopic (exact) mass is 395 g/mol. The minimum Gasteiger partial charge on any atom is -0.481 e. The second-order valence-corrected chi connectivity index (χ2v) is 8.48. The molecule has 106 valence electrons. The zero-order valence-corrected chi connectivity index (χ0v) is 14.2. The largest absolute Gasteiger partial charge is 0.481 e. The first-order valence-electron chi connectivity index (χ1n) is 5.94. The first-order chi connectivity index (χ1) is 8.67. The summed E-state index contributed by atoms with van der Waals surface area (Å²) in [6, 6.07) is 1.46. The number of rotatable bonds is 5. The lowest BCUT2D eigenvalue weighted by Gasteiger charge is -2.25. The standard InChI is InChI=1S/C13H18INO3S/c1-13(2,3)6-9(5-11(16)17)15-12(18)8-4-10(14)19-7-8/h4,7,9H,5-6H2,1-3H3,(H,15,18)(H,16,17). The highest BCUT2D eigenvalue weighted by Crippen LogP contribution is 2.23. The Balaban J connectivity index is 2.71. The lowest BCUT2D eigenvalue weighted by Crippen LogP contribution is -2.38. The third-order valence-corrected chi connectivity index (χ3v) is 4.23. The van der Waals surface area contributed by atoms with Crippen molar-refractivity contribution >= 4 is 45.8 Å². The summed E-state index contributed by atoms with van der Waals surface area (Å²) in [5.41, 5.74) is 0.565. The molecule has 1 amide bonds. The number of carbonyl (C=O) groups is 2. The second kappa shape index (κ2) is 6.69. The number of nitrogens with one attached hydrogen (secondary N) is 1. The summed E-state index contributed by atoms with van der Waals surface area (Å²) in [6.45, 7) is 6.09. The molecule has 2 N–H and O–H groups in total. The fourth-order valence-electron chi connectivity index (χ4n) is 1.82. The highest BCUT2D eigenvalue weighted by atomic mass is 127. The highest BCUT2D eigenvalue weighted by Gasteiger charge is 2.23. The van der Waals surface area contributed by atoms with Gasteiger partial charge in [0, 0.05) is 11.4 Å². The van der Waals surface area contributed by atoms with Gasteiger partial charge in [-0.05, 0) is 40.5 Å². The normalized spacial score (nSPS) is 13.1. The molecular weight excluding hydrogens is 377 g/mol. The van der Waals surface area contributed by atoms with Gasteiger partial charge in [-0.3, -0.25) is 9.59 Å². The lowest BCUT2D eigenvalue weighted by atomic mass is 9.87. The molecule has 1 aromatic rings. The zero-order valence-electron chi connectivity index (χ0n) is 11.2. The third kappa shape index (κ3) is 6.38. The number of carboxylic acid groups (broad SMARTS) is 1. The number of halogens is 1. The van der Waals surface area contributed by atoms with Crippen LogP contribution in [0.3, 0.4) is 0 Å². The summed E-state index contributed by atoms with van der Waals surface area (Å²) in [5, 5.41) is 13.5. The molecule has 0 radical (unpaired) electrons. The Labute approximate surface area is 130 Å². The van der Waals surface area contributed by atoms with E-state index < -0.39 is 5.97 Å². The molecule has 0 aliphatic rings. The minimum absolute atomic E-state index is 0.0313. The van der Waals surface area contributed by atoms with Gasteiger partial charge < -0.3 is 10.4 Å². The van der Waals surface area contributed by atoms with Crippen LogP contribution in [0.1, 0.15) is 44.0 Å². The van der Waals surface area contributed by atoms with Gasteiger partial charge in [0.15, 0.2) is 0 Å². The van der Waals surface area contributed by atoms with Crippen LogP contribution < -0.4 is 5.32 Å². The topological polar surface area (TPSA) is 66.4 Å². The van der Waals surface area contributed by atoms with Gasteiger partial charge in [-0.25, -0.2) is 0 Å². The number of thiophene rings is 1. The molecule has 0 fully saturated rings. The van der Waals surface area contributed by atoms with Crippen molar-refractivity contribution in [3.8, 4) is 0 Å². The van der Waals surface area contributed by atoms with E-state index in [9.17, 15) is 9.59 Å². The molecule has 1 atom stereocenters. The molecule has 0 spiro atoms. The van der Waals surface area contributed by atoms with Gasteiger partial charge in [-0.2, -0.15) is 0 Å². The molecule has 1 aromatic heterocycles. The number of hydrogen-bond acceptors (Lipinski definition) is 3. The number of carbonyl (C=O) groups excluding carboxylic acids is 1. The Bertz CT molecular complexity index is 465. The quantitative estimate of drug-likeness (QED) is 0.752. The molecule has 1 rings (SSSR count). The molecule has 0 bridgehead atoms. The molecule has 19 heavy (non-hydrogen) atoms. The average molecular weight is 395 g/mol. The van der Waals surface area contributed by atoms with Gasteiger partial charge in [-0.1, -0.05) is 20.8 Å². The van der Waals surface area contributed by atoms with Crippen molar-refractivity contribution in [3.63, 3.8) is 0 Å². The van der Waals surface area contributed by atoms with Crippen LogP contribution in [0.4, 0.5) is 0 Å². The Morgan fingerprint density at radius 2 is 2.11 bits per heavy atom. The van der Waals surface area contributed by atoms with E-state index in [1.807, 2.05) is 20.8 Å². The van der Waals surface area contributed by atoms with Gasteiger partial charge in [0.1, 0.15) is 0 Å². The van der Waals surface area contributed by atoms with Gasteiger partial charge in [-0.15, -0.1) is 11.3 Å². The van der Waals surface area contributed by atoms with Crippen LogP contribution in [0.25, 0.3) is 0 Å². The number of carboxylic acids is 1. The van der Waals surface area contributed by atoms with Gasteiger partial charge in [0.2, 0.25) is 0 Å². The molecule has 0 saturated carbocycles. The van der Waals surface area contributed by atoms with Crippen molar-refractivity contribution in [1.29, 1.82) is 0 Å². The van der Waals surface area contributed by atoms with Crippen LogP contribution in [0, 0.1) is 8.30 Å². The summed E-state index contributed by atoms with van der Waals surface area (Å²) >= 11 is 3.65. The molecule has 0 saturated heterocycles. The molecule has 0 aliphatic carbocycles. The van der Waals surface area contributed by atoms with Crippen LogP contribution in [0.15, 0.2) is 11.4 Å². The Morgan fingerprint density at radius 1 is 1.47 bits per heavy atom. The number of amides is 1. The molecule has 4 nitrogen and oxygen atoms in total. The van der Waals surface area contributed by atoms with E-state index >= 15 is 0 Å². The predicted octanol–water partition coefficient (Wildman–Crippen LogP) is 3.36. The summed E-state index contributed by atoms with van der Waals surface area (Å²) in [5.74, 6) is -1.09. The van der Waals surface area contributed by atoms with Crippen molar-refractivity contribution in [1.82, 2.24) is 5.32 Å². The summed E-state index contributed by atoms with van der Waals surface area (Å²) in [4.78, 5) is 22.9. The fraction of sp³-hybridized carbons (Fsp3) is 0.538. The smallest absolute Gasteiger partial charge is 0.305 e. The first kappa shape index (κ1) is 16.4. The Morgan fingerprint density at radius 3 is 2.53 bits per heavy atom. The lowest BCUT2D eigenvalue weighted by molar-refractivity contribution is -0.137. The average Bonchev–Trinajstić information content (AvgIpc) is 2.60. The van der Waals surface area contributed by atoms with E-state index in [2.05, 4.69) is 27.9 Å². The molecule has 1 heterocycles. The van der Waals surface area contributed by atoms with Crippen molar-refractivity contribution in [2.24, 2.45) is 5.41 Å². The summed E-state index contributed by atoms with van der Waals surface area (Å²) in [6.07, 6.45) is 0.580. The maximum Gasteiger partial charge on any atom is 0.305 e. The molecule has 1 unspecified atom stereocenters. The van der Waals surface area contributed by atoms with Crippen molar-refractivity contribution in [2.45, 2.75) is 39.7 Å². The summed E-state index contributed by atoms with van der Waals surface area (Å²) < 4.78 is 1.04. The van der Waals surface area contributed by atoms with E-state index in [1.54, 1.807) is 11.4 Å². The molecule has 0 aromatic carbocycles. The molecule has 0 aliphatic heterocycles. The predicted molar refractivity (Wildman–Crippen MR) is 84.6 cm³/mol. The second-order valence-electron chi connectivity index (χ2n) is 5.67.